The van der Waals surface area contributed by atoms with Crippen molar-refractivity contribution < 1.29 is 33.7 Å². The van der Waals surface area contributed by atoms with Crippen molar-refractivity contribution in [3.05, 3.63) is 30.3 Å². The first-order valence-electron chi connectivity index (χ1n) is 10.1. The molecule has 7 nitrogen and oxygen atoms in total. The molecule has 0 heterocycles. The van der Waals surface area contributed by atoms with Crippen LogP contribution in [0.15, 0.2) is 30.3 Å². The quantitative estimate of drug-likeness (QED) is 0.430. The lowest BCUT2D eigenvalue weighted by Gasteiger charge is -2.39. The van der Waals surface area contributed by atoms with E-state index < -0.39 is 34.2 Å². The second-order valence-corrected chi connectivity index (χ2v) is 8.77. The number of esters is 3. The minimum atomic E-state index is -1.19. The number of ether oxygens (including phenoxy) is 3. The summed E-state index contributed by atoms with van der Waals surface area (Å²) in [6.07, 6.45) is 0.648. The number of carbonyl (C=O) groups is 3. The van der Waals surface area contributed by atoms with E-state index in [-0.39, 0.29) is 26.1 Å². The lowest BCUT2D eigenvalue weighted by Crippen LogP contribution is -2.44. The molecule has 0 amide bonds. The molecule has 0 saturated carbocycles. The van der Waals surface area contributed by atoms with Gasteiger partial charge in [0, 0.05) is 0 Å². The Labute approximate surface area is 178 Å². The van der Waals surface area contributed by atoms with Crippen molar-refractivity contribution in [3.63, 3.8) is 0 Å². The lowest BCUT2D eigenvalue weighted by molar-refractivity contribution is -0.166. The van der Waals surface area contributed by atoms with Crippen molar-refractivity contribution >= 4 is 17.9 Å². The Morgan fingerprint density at radius 3 is 2.00 bits per heavy atom. The van der Waals surface area contributed by atoms with E-state index in [0.717, 1.165) is 0 Å². The van der Waals surface area contributed by atoms with Gasteiger partial charge in [-0.15, -0.1) is 0 Å². The lowest BCUT2D eigenvalue weighted by atomic mass is 9.65. The molecule has 0 spiro atoms. The monoisotopic (exact) mass is 422 g/mol. The van der Waals surface area contributed by atoms with Gasteiger partial charge in [-0.2, -0.15) is 0 Å². The molecule has 2 unspecified atom stereocenters. The molecule has 30 heavy (non-hydrogen) atoms. The standard InChI is InChI=1S/C23H34O7/c1-7-22(4,19(26)28-6)16-23(5,20(27)29-14-13-24)15-21(2,3)18(25)30-17-11-9-8-10-12-17/h8-12,24H,7,13-16H2,1-6H3. The van der Waals surface area contributed by atoms with E-state index in [1.807, 2.05) is 13.0 Å². The molecule has 1 N–H and O–H groups in total. The van der Waals surface area contributed by atoms with E-state index in [0.29, 0.717) is 12.2 Å². The van der Waals surface area contributed by atoms with E-state index in [4.69, 9.17) is 19.3 Å². The van der Waals surface area contributed by atoms with Gasteiger partial charge in [0.25, 0.3) is 0 Å². The van der Waals surface area contributed by atoms with Crippen molar-refractivity contribution in [1.82, 2.24) is 0 Å². The molecule has 1 aromatic carbocycles. The van der Waals surface area contributed by atoms with Gasteiger partial charge >= 0.3 is 17.9 Å². The zero-order valence-corrected chi connectivity index (χ0v) is 18.8. The van der Waals surface area contributed by atoms with Gasteiger partial charge in [-0.1, -0.05) is 25.1 Å². The average Bonchev–Trinajstić information content (AvgIpc) is 2.71. The molecular weight excluding hydrogens is 388 g/mol. The number of hydrogen-bond acceptors (Lipinski definition) is 7. The van der Waals surface area contributed by atoms with Gasteiger partial charge in [0.2, 0.25) is 0 Å². The predicted molar refractivity (Wildman–Crippen MR) is 112 cm³/mol. The normalized spacial score (nSPS) is 15.4. The van der Waals surface area contributed by atoms with Crippen LogP contribution < -0.4 is 4.74 Å². The van der Waals surface area contributed by atoms with E-state index in [1.165, 1.54) is 7.11 Å². The number of aliphatic hydroxyl groups is 1. The number of methoxy groups -OCH3 is 1. The molecule has 7 heteroatoms. The minimum Gasteiger partial charge on any atom is -0.469 e. The second-order valence-electron chi connectivity index (χ2n) is 8.77. The second kappa shape index (κ2) is 10.6. The molecule has 2 atom stereocenters. The molecule has 0 saturated heterocycles. The summed E-state index contributed by atoms with van der Waals surface area (Å²) in [5.74, 6) is -1.10. The van der Waals surface area contributed by atoms with Crippen LogP contribution in [-0.2, 0) is 23.9 Å². The van der Waals surface area contributed by atoms with Crippen LogP contribution in [-0.4, -0.2) is 43.3 Å². The summed E-state index contributed by atoms with van der Waals surface area (Å²) in [6.45, 7) is 8.14. The van der Waals surface area contributed by atoms with E-state index in [2.05, 4.69) is 0 Å². The molecule has 0 aliphatic rings. The molecule has 0 aliphatic carbocycles. The Hall–Kier alpha value is -2.41. The maximum Gasteiger partial charge on any atom is 0.316 e. The summed E-state index contributed by atoms with van der Waals surface area (Å²) >= 11 is 0. The van der Waals surface area contributed by atoms with Gasteiger partial charge in [-0.25, -0.2) is 0 Å². The van der Waals surface area contributed by atoms with Crippen LogP contribution in [0.4, 0.5) is 0 Å². The van der Waals surface area contributed by atoms with E-state index in [9.17, 15) is 14.4 Å². The summed E-state index contributed by atoms with van der Waals surface area (Å²) in [4.78, 5) is 38.2. The highest BCUT2D eigenvalue weighted by molar-refractivity contribution is 5.83. The van der Waals surface area contributed by atoms with Crippen molar-refractivity contribution in [2.75, 3.05) is 20.3 Å². The summed E-state index contributed by atoms with van der Waals surface area (Å²) in [5, 5.41) is 9.05. The first-order chi connectivity index (χ1) is 13.9. The smallest absolute Gasteiger partial charge is 0.316 e. The number of aliphatic hydroxyl groups excluding tert-OH is 1. The third-order valence-corrected chi connectivity index (χ3v) is 5.39. The first-order valence-corrected chi connectivity index (χ1v) is 10.1. The number of rotatable bonds is 11. The molecule has 0 aliphatic heterocycles. The van der Waals surface area contributed by atoms with Gasteiger partial charge in [0.1, 0.15) is 12.4 Å². The van der Waals surface area contributed by atoms with Crippen molar-refractivity contribution in [1.29, 1.82) is 0 Å². The topological polar surface area (TPSA) is 99.1 Å². The van der Waals surface area contributed by atoms with Crippen LogP contribution in [0.2, 0.25) is 0 Å². The maximum atomic E-state index is 12.9. The number of hydrogen-bond donors (Lipinski definition) is 1. The molecule has 0 aromatic heterocycles. The average molecular weight is 423 g/mol. The van der Waals surface area contributed by atoms with Gasteiger partial charge in [-0.05, 0) is 59.1 Å². The third-order valence-electron chi connectivity index (χ3n) is 5.39. The molecule has 0 bridgehead atoms. The molecule has 0 fully saturated rings. The number of benzene rings is 1. The molecule has 0 radical (unpaired) electrons. The summed E-state index contributed by atoms with van der Waals surface area (Å²) < 4.78 is 15.6. The third kappa shape index (κ3) is 6.55. The number of carbonyl (C=O) groups excluding carboxylic acids is 3. The van der Waals surface area contributed by atoms with Crippen LogP contribution in [0.25, 0.3) is 0 Å². The van der Waals surface area contributed by atoms with E-state index >= 15 is 0 Å². The van der Waals surface area contributed by atoms with Crippen LogP contribution >= 0.6 is 0 Å². The van der Waals surface area contributed by atoms with Crippen LogP contribution in [0.5, 0.6) is 5.75 Å². The fourth-order valence-corrected chi connectivity index (χ4v) is 3.75. The molecule has 168 valence electrons. The fourth-order valence-electron chi connectivity index (χ4n) is 3.75. The Morgan fingerprint density at radius 2 is 1.50 bits per heavy atom. The predicted octanol–water partition coefficient (Wildman–Crippen LogP) is 3.53. The van der Waals surface area contributed by atoms with Crippen molar-refractivity contribution in [3.8, 4) is 5.75 Å². The Bertz CT molecular complexity index is 728. The largest absolute Gasteiger partial charge is 0.469 e. The minimum absolute atomic E-state index is 0.0858. The van der Waals surface area contributed by atoms with Crippen molar-refractivity contribution in [2.45, 2.75) is 53.9 Å². The highest BCUT2D eigenvalue weighted by Gasteiger charge is 2.49. The van der Waals surface area contributed by atoms with Gasteiger partial charge < -0.3 is 19.3 Å². The summed E-state index contributed by atoms with van der Waals surface area (Å²) in [7, 11) is 1.30. The Balaban J connectivity index is 3.18. The Morgan fingerprint density at radius 1 is 0.900 bits per heavy atom. The Kier molecular flexibility index (Phi) is 9.03. The summed E-state index contributed by atoms with van der Waals surface area (Å²) in [6, 6.07) is 8.68. The van der Waals surface area contributed by atoms with Crippen LogP contribution in [0.1, 0.15) is 53.9 Å². The van der Waals surface area contributed by atoms with Crippen molar-refractivity contribution in [2.24, 2.45) is 16.2 Å². The highest BCUT2D eigenvalue weighted by atomic mass is 16.5. The first kappa shape index (κ1) is 25.6. The number of para-hydroxylation sites is 1. The fraction of sp³-hybridized carbons (Fsp3) is 0.609. The van der Waals surface area contributed by atoms with Gasteiger partial charge in [0.05, 0.1) is 30.0 Å². The maximum absolute atomic E-state index is 12.9. The van der Waals surface area contributed by atoms with Gasteiger partial charge in [-0.3, -0.25) is 14.4 Å². The van der Waals surface area contributed by atoms with Crippen LogP contribution in [0.3, 0.4) is 0 Å². The molecule has 1 rings (SSSR count). The van der Waals surface area contributed by atoms with Crippen LogP contribution in [0, 0.1) is 16.2 Å². The summed E-state index contributed by atoms with van der Waals surface area (Å²) in [5.41, 5.74) is -3.18. The molecular formula is C23H34O7. The molecule has 1 aromatic rings. The zero-order valence-electron chi connectivity index (χ0n) is 18.8. The van der Waals surface area contributed by atoms with E-state index in [1.54, 1.807) is 52.0 Å². The zero-order chi connectivity index (χ0) is 23.0. The van der Waals surface area contributed by atoms with Gasteiger partial charge in [0.15, 0.2) is 0 Å². The highest BCUT2D eigenvalue weighted by Crippen LogP contribution is 2.45. The SMILES string of the molecule is CCC(C)(CC(C)(CC(C)(C)C(=O)Oc1ccccc1)C(=O)OCCO)C(=O)OC.